The number of fused-ring (bicyclic) bond motifs is 1. The van der Waals surface area contributed by atoms with Crippen LogP contribution in [-0.2, 0) is 16.6 Å². The Balaban J connectivity index is 1.45. The molecule has 1 amide bonds. The molecule has 0 saturated carbocycles. The van der Waals surface area contributed by atoms with Gasteiger partial charge in [0.2, 0.25) is 0 Å². The molecule has 0 aliphatic rings. The SMILES string of the molecule is O=C(NCc1nc2ccccc2s1)c1cccc(NS(=O)(=O)c2ccccc2)c1. The Morgan fingerprint density at radius 2 is 1.69 bits per heavy atom. The van der Waals surface area contributed by atoms with Crippen LogP contribution in [0.5, 0.6) is 0 Å². The molecule has 0 bridgehead atoms. The Hall–Kier alpha value is -3.23. The first-order chi connectivity index (χ1) is 14.0. The van der Waals surface area contributed by atoms with Gasteiger partial charge < -0.3 is 5.32 Å². The number of anilines is 1. The summed E-state index contributed by atoms with van der Waals surface area (Å²) in [5.74, 6) is -0.301. The molecule has 0 radical (unpaired) electrons. The largest absolute Gasteiger partial charge is 0.346 e. The predicted octanol–water partition coefficient (Wildman–Crippen LogP) is 4.03. The van der Waals surface area contributed by atoms with Crippen LogP contribution in [0.3, 0.4) is 0 Å². The third kappa shape index (κ3) is 4.44. The number of sulfonamides is 1. The summed E-state index contributed by atoms with van der Waals surface area (Å²) in [6.45, 7) is 0.304. The Morgan fingerprint density at radius 1 is 0.931 bits per heavy atom. The van der Waals surface area contributed by atoms with E-state index in [2.05, 4.69) is 15.0 Å². The molecule has 6 nitrogen and oxygen atoms in total. The van der Waals surface area contributed by atoms with Gasteiger partial charge in [0.05, 0.1) is 21.7 Å². The van der Waals surface area contributed by atoms with Crippen molar-refractivity contribution in [3.8, 4) is 0 Å². The van der Waals surface area contributed by atoms with Crippen LogP contribution in [0, 0.1) is 0 Å². The van der Waals surface area contributed by atoms with E-state index in [1.807, 2.05) is 24.3 Å². The summed E-state index contributed by atoms with van der Waals surface area (Å²) in [7, 11) is -3.72. The zero-order chi connectivity index (χ0) is 20.3. The van der Waals surface area contributed by atoms with Gasteiger partial charge in [-0.05, 0) is 42.5 Å². The number of hydrogen-bond donors (Lipinski definition) is 2. The van der Waals surface area contributed by atoms with Crippen molar-refractivity contribution in [3.63, 3.8) is 0 Å². The number of aromatic nitrogens is 1. The number of nitrogens with one attached hydrogen (secondary N) is 2. The van der Waals surface area contributed by atoms with Gasteiger partial charge in [0.15, 0.2) is 0 Å². The second kappa shape index (κ2) is 8.02. The Morgan fingerprint density at radius 3 is 2.48 bits per heavy atom. The lowest BCUT2D eigenvalue weighted by molar-refractivity contribution is 0.0951. The van der Waals surface area contributed by atoms with Crippen molar-refractivity contribution < 1.29 is 13.2 Å². The van der Waals surface area contributed by atoms with Gasteiger partial charge in [0, 0.05) is 11.3 Å². The van der Waals surface area contributed by atoms with Crippen molar-refractivity contribution >= 4 is 43.2 Å². The highest BCUT2D eigenvalue weighted by molar-refractivity contribution is 7.92. The van der Waals surface area contributed by atoms with Crippen LogP contribution < -0.4 is 10.0 Å². The maximum Gasteiger partial charge on any atom is 0.261 e. The molecule has 4 rings (SSSR count). The predicted molar refractivity (Wildman–Crippen MR) is 114 cm³/mol. The molecule has 0 saturated heterocycles. The highest BCUT2D eigenvalue weighted by atomic mass is 32.2. The average molecular weight is 424 g/mol. The smallest absolute Gasteiger partial charge is 0.261 e. The third-order valence-electron chi connectivity index (χ3n) is 4.17. The van der Waals surface area contributed by atoms with E-state index >= 15 is 0 Å². The number of carbonyl (C=O) groups is 1. The first-order valence-electron chi connectivity index (χ1n) is 8.82. The standard InChI is InChI=1S/C21H17N3O3S2/c25-21(22-14-20-23-18-11-4-5-12-19(18)28-20)15-7-6-8-16(13-15)24-29(26,27)17-9-2-1-3-10-17/h1-13,24H,14H2,(H,22,25). The van der Waals surface area contributed by atoms with Gasteiger partial charge in [0.1, 0.15) is 5.01 Å². The summed E-state index contributed by atoms with van der Waals surface area (Å²) in [4.78, 5) is 17.2. The minimum Gasteiger partial charge on any atom is -0.346 e. The van der Waals surface area contributed by atoms with E-state index in [1.54, 1.807) is 36.4 Å². The fourth-order valence-corrected chi connectivity index (χ4v) is 4.77. The van der Waals surface area contributed by atoms with E-state index in [9.17, 15) is 13.2 Å². The Bertz CT molecular complexity index is 1240. The lowest BCUT2D eigenvalue weighted by Crippen LogP contribution is -2.23. The number of rotatable bonds is 6. The molecule has 1 heterocycles. The maximum absolute atomic E-state index is 12.5. The van der Waals surface area contributed by atoms with Crippen molar-refractivity contribution in [1.82, 2.24) is 10.3 Å². The van der Waals surface area contributed by atoms with Crippen LogP contribution in [0.1, 0.15) is 15.4 Å². The van der Waals surface area contributed by atoms with Crippen LogP contribution in [0.4, 0.5) is 5.69 Å². The topological polar surface area (TPSA) is 88.2 Å². The molecule has 3 aromatic carbocycles. The van der Waals surface area contributed by atoms with Crippen molar-refractivity contribution in [1.29, 1.82) is 0 Å². The summed E-state index contributed by atoms with van der Waals surface area (Å²) < 4.78 is 28.5. The molecule has 4 aromatic rings. The van der Waals surface area contributed by atoms with E-state index in [0.29, 0.717) is 17.8 Å². The molecule has 0 unspecified atom stereocenters. The van der Waals surface area contributed by atoms with E-state index in [4.69, 9.17) is 0 Å². The number of benzene rings is 3. The molecule has 0 aliphatic heterocycles. The third-order valence-corrected chi connectivity index (χ3v) is 6.60. The van der Waals surface area contributed by atoms with Crippen LogP contribution in [-0.4, -0.2) is 19.3 Å². The zero-order valence-corrected chi connectivity index (χ0v) is 16.8. The van der Waals surface area contributed by atoms with Crippen molar-refractivity contribution in [2.45, 2.75) is 11.4 Å². The van der Waals surface area contributed by atoms with Gasteiger partial charge in [-0.15, -0.1) is 11.3 Å². The lowest BCUT2D eigenvalue weighted by atomic mass is 10.2. The van der Waals surface area contributed by atoms with Gasteiger partial charge in [-0.2, -0.15) is 0 Å². The second-order valence-corrected chi connectivity index (χ2v) is 9.05. The minimum atomic E-state index is -3.72. The molecule has 8 heteroatoms. The van der Waals surface area contributed by atoms with Gasteiger partial charge in [0.25, 0.3) is 15.9 Å². The van der Waals surface area contributed by atoms with Crippen molar-refractivity contribution in [3.05, 3.63) is 89.4 Å². The van der Waals surface area contributed by atoms with E-state index in [1.165, 1.54) is 29.5 Å². The van der Waals surface area contributed by atoms with Gasteiger partial charge in [-0.3, -0.25) is 9.52 Å². The molecule has 146 valence electrons. The van der Waals surface area contributed by atoms with Crippen LogP contribution >= 0.6 is 11.3 Å². The fourth-order valence-electron chi connectivity index (χ4n) is 2.79. The summed E-state index contributed by atoms with van der Waals surface area (Å²) in [6.07, 6.45) is 0. The molecule has 2 N–H and O–H groups in total. The van der Waals surface area contributed by atoms with Crippen molar-refractivity contribution in [2.24, 2.45) is 0 Å². The fraction of sp³-hybridized carbons (Fsp3) is 0.0476. The Kier molecular flexibility index (Phi) is 5.28. The Labute approximate surface area is 172 Å². The summed E-state index contributed by atoms with van der Waals surface area (Å²) in [6, 6.07) is 22.2. The minimum absolute atomic E-state index is 0.158. The van der Waals surface area contributed by atoms with Crippen molar-refractivity contribution in [2.75, 3.05) is 4.72 Å². The second-order valence-electron chi connectivity index (χ2n) is 6.26. The first kappa shape index (κ1) is 19.1. The summed E-state index contributed by atoms with van der Waals surface area (Å²) in [5.41, 5.74) is 1.58. The molecule has 0 aliphatic carbocycles. The first-order valence-corrected chi connectivity index (χ1v) is 11.1. The van der Waals surface area contributed by atoms with Gasteiger partial charge in [-0.25, -0.2) is 13.4 Å². The lowest BCUT2D eigenvalue weighted by Gasteiger charge is -2.09. The normalized spacial score (nSPS) is 11.3. The number of nitrogens with zero attached hydrogens (tertiary/aromatic N) is 1. The molecular formula is C21H17N3O3S2. The van der Waals surface area contributed by atoms with E-state index in [-0.39, 0.29) is 10.8 Å². The maximum atomic E-state index is 12.5. The van der Waals surface area contributed by atoms with E-state index < -0.39 is 10.0 Å². The molecule has 0 spiro atoms. The van der Waals surface area contributed by atoms with Gasteiger partial charge in [-0.1, -0.05) is 36.4 Å². The van der Waals surface area contributed by atoms with Crippen LogP contribution in [0.25, 0.3) is 10.2 Å². The van der Waals surface area contributed by atoms with E-state index in [0.717, 1.165) is 15.2 Å². The zero-order valence-electron chi connectivity index (χ0n) is 15.2. The highest BCUT2D eigenvalue weighted by Gasteiger charge is 2.15. The van der Waals surface area contributed by atoms with Crippen LogP contribution in [0.2, 0.25) is 0 Å². The quantitative estimate of drug-likeness (QED) is 0.490. The van der Waals surface area contributed by atoms with Gasteiger partial charge >= 0.3 is 0 Å². The molecule has 29 heavy (non-hydrogen) atoms. The number of thiazole rings is 1. The average Bonchev–Trinajstić information content (AvgIpc) is 3.15. The number of carbonyl (C=O) groups excluding carboxylic acids is 1. The molecular weight excluding hydrogens is 406 g/mol. The highest BCUT2D eigenvalue weighted by Crippen LogP contribution is 2.21. The van der Waals surface area contributed by atoms with Crippen LogP contribution in [0.15, 0.2) is 83.8 Å². The number of amides is 1. The number of para-hydroxylation sites is 1. The monoisotopic (exact) mass is 423 g/mol. The summed E-state index contributed by atoms with van der Waals surface area (Å²) in [5, 5.41) is 3.64. The molecule has 0 atom stereocenters. The molecule has 1 aromatic heterocycles. The summed E-state index contributed by atoms with van der Waals surface area (Å²) >= 11 is 1.53. The number of hydrogen-bond acceptors (Lipinski definition) is 5. The molecule has 0 fully saturated rings.